The van der Waals surface area contributed by atoms with Crippen molar-refractivity contribution in [1.29, 1.82) is 0 Å². The van der Waals surface area contributed by atoms with Gasteiger partial charge in [0.2, 0.25) is 11.9 Å². The van der Waals surface area contributed by atoms with Crippen LogP contribution in [0.5, 0.6) is 0 Å². The van der Waals surface area contributed by atoms with Crippen LogP contribution in [-0.4, -0.2) is 54.0 Å². The number of rotatable bonds is 8. The van der Waals surface area contributed by atoms with Crippen LogP contribution >= 0.6 is 0 Å². The number of likely N-dealkylation sites (N-methyl/N-ethyl adjacent to an activating group) is 1. The molecule has 0 bridgehead atoms. The van der Waals surface area contributed by atoms with Crippen molar-refractivity contribution in [3.63, 3.8) is 0 Å². The third kappa shape index (κ3) is 5.94. The molecule has 35 heavy (non-hydrogen) atoms. The third-order valence-electron chi connectivity index (χ3n) is 6.26. The van der Waals surface area contributed by atoms with Crippen molar-refractivity contribution in [1.82, 2.24) is 20.2 Å². The molecule has 0 unspecified atom stereocenters. The zero-order valence-electron chi connectivity index (χ0n) is 20.3. The Morgan fingerprint density at radius 3 is 2.54 bits per heavy atom. The summed E-state index contributed by atoms with van der Waals surface area (Å²) in [5, 5.41) is 6.13. The number of allylic oxidation sites excluding steroid dienone is 4. The second-order valence-corrected chi connectivity index (χ2v) is 8.70. The minimum Gasteiger partial charge on any atom is -0.369 e. The molecule has 1 aliphatic carbocycles. The summed E-state index contributed by atoms with van der Waals surface area (Å²) in [6, 6.07) is 8.36. The number of aromatic nitrogens is 2. The fourth-order valence-electron chi connectivity index (χ4n) is 4.16. The first-order valence-corrected chi connectivity index (χ1v) is 11.8. The van der Waals surface area contributed by atoms with Crippen LogP contribution in [0.2, 0.25) is 0 Å². The van der Waals surface area contributed by atoms with E-state index >= 15 is 0 Å². The summed E-state index contributed by atoms with van der Waals surface area (Å²) in [5.74, 6) is 0.254. The summed E-state index contributed by atoms with van der Waals surface area (Å²) in [5.41, 5.74) is 6.19. The highest BCUT2D eigenvalue weighted by Gasteiger charge is 2.17. The maximum absolute atomic E-state index is 11.7. The topological polar surface area (TPSA) is 73.4 Å². The molecule has 1 fully saturated rings. The number of nitrogens with zero attached hydrogens (tertiary/aromatic N) is 4. The van der Waals surface area contributed by atoms with Crippen LogP contribution in [0.15, 0.2) is 79.7 Å². The molecule has 0 atom stereocenters. The third-order valence-corrected chi connectivity index (χ3v) is 6.26. The molecule has 2 aliphatic rings. The molecule has 7 heteroatoms. The molecule has 1 aromatic heterocycles. The van der Waals surface area contributed by atoms with E-state index in [1.54, 1.807) is 12.3 Å². The van der Waals surface area contributed by atoms with E-state index in [2.05, 4.69) is 76.5 Å². The van der Waals surface area contributed by atoms with E-state index in [1.165, 1.54) is 11.8 Å². The molecular weight excluding hydrogens is 436 g/mol. The average molecular weight is 469 g/mol. The second-order valence-electron chi connectivity index (χ2n) is 8.70. The van der Waals surface area contributed by atoms with Crippen molar-refractivity contribution in [2.24, 2.45) is 0 Å². The lowest BCUT2D eigenvalue weighted by atomic mass is 9.93. The van der Waals surface area contributed by atoms with E-state index in [0.29, 0.717) is 11.6 Å². The van der Waals surface area contributed by atoms with Gasteiger partial charge in [0, 0.05) is 55.0 Å². The molecule has 180 valence electrons. The van der Waals surface area contributed by atoms with Crippen molar-refractivity contribution < 1.29 is 4.79 Å². The van der Waals surface area contributed by atoms with Gasteiger partial charge in [0.05, 0.1) is 5.69 Å². The number of hydrogen-bond donors (Lipinski definition) is 2. The summed E-state index contributed by atoms with van der Waals surface area (Å²) in [6.07, 6.45) is 10.3. The van der Waals surface area contributed by atoms with E-state index in [9.17, 15) is 4.79 Å². The Hall–Kier alpha value is -3.97. The van der Waals surface area contributed by atoms with E-state index in [0.717, 1.165) is 67.1 Å². The lowest BCUT2D eigenvalue weighted by molar-refractivity contribution is -0.115. The first kappa shape index (κ1) is 24.2. The summed E-state index contributed by atoms with van der Waals surface area (Å²) in [6.45, 7) is 15.9. The Bertz CT molecular complexity index is 1190. The Morgan fingerprint density at radius 2 is 1.86 bits per heavy atom. The number of carbonyl (C=O) groups is 1. The highest BCUT2D eigenvalue weighted by Crippen LogP contribution is 2.31. The molecule has 2 N–H and O–H groups in total. The zero-order valence-corrected chi connectivity index (χ0v) is 20.3. The normalized spacial score (nSPS) is 16.1. The Morgan fingerprint density at radius 1 is 1.11 bits per heavy atom. The molecule has 1 amide bonds. The van der Waals surface area contributed by atoms with Crippen molar-refractivity contribution >= 4 is 34.9 Å². The molecule has 0 radical (unpaired) electrons. The van der Waals surface area contributed by atoms with Crippen molar-refractivity contribution in [3.05, 3.63) is 91.0 Å². The predicted molar refractivity (Wildman–Crippen MR) is 144 cm³/mol. The first-order chi connectivity index (χ1) is 17.0. The van der Waals surface area contributed by atoms with Gasteiger partial charge in [-0.1, -0.05) is 31.9 Å². The van der Waals surface area contributed by atoms with Crippen LogP contribution in [0.4, 0.5) is 17.3 Å². The monoisotopic (exact) mass is 468 g/mol. The Balaban J connectivity index is 1.50. The summed E-state index contributed by atoms with van der Waals surface area (Å²) < 4.78 is 0. The minimum atomic E-state index is -0.238. The minimum absolute atomic E-state index is 0.238. The number of amides is 1. The van der Waals surface area contributed by atoms with Crippen LogP contribution in [0.1, 0.15) is 24.1 Å². The number of hydrogen-bond acceptors (Lipinski definition) is 6. The van der Waals surface area contributed by atoms with Gasteiger partial charge in [-0.05, 0) is 67.5 Å². The van der Waals surface area contributed by atoms with Gasteiger partial charge >= 0.3 is 0 Å². The van der Waals surface area contributed by atoms with E-state index < -0.39 is 0 Å². The highest BCUT2D eigenvalue weighted by atomic mass is 16.1. The van der Waals surface area contributed by atoms with Crippen LogP contribution in [0, 0.1) is 0 Å². The van der Waals surface area contributed by atoms with Crippen LogP contribution in [0.25, 0.3) is 11.6 Å². The largest absolute Gasteiger partial charge is 0.369 e. The summed E-state index contributed by atoms with van der Waals surface area (Å²) >= 11 is 0. The lowest BCUT2D eigenvalue weighted by Gasteiger charge is -2.34. The smallest absolute Gasteiger partial charge is 0.247 e. The second kappa shape index (κ2) is 11.0. The molecule has 1 aromatic carbocycles. The quantitative estimate of drug-likeness (QED) is 0.555. The molecule has 2 heterocycles. The first-order valence-electron chi connectivity index (χ1n) is 11.8. The number of piperazine rings is 1. The van der Waals surface area contributed by atoms with Crippen LogP contribution in [0.3, 0.4) is 0 Å². The molecule has 7 nitrogen and oxygen atoms in total. The summed E-state index contributed by atoms with van der Waals surface area (Å²) in [7, 11) is 2.16. The van der Waals surface area contributed by atoms with Gasteiger partial charge in [0.25, 0.3) is 0 Å². The van der Waals surface area contributed by atoms with Gasteiger partial charge in [-0.25, -0.2) is 9.97 Å². The Kier molecular flexibility index (Phi) is 7.57. The summed E-state index contributed by atoms with van der Waals surface area (Å²) in [4.78, 5) is 25.7. The molecule has 2 aromatic rings. The van der Waals surface area contributed by atoms with Crippen LogP contribution < -0.4 is 15.5 Å². The molecule has 0 saturated carbocycles. The van der Waals surface area contributed by atoms with Gasteiger partial charge in [-0.2, -0.15) is 0 Å². The highest BCUT2D eigenvalue weighted by molar-refractivity contribution is 5.89. The Labute approximate surface area is 207 Å². The lowest BCUT2D eigenvalue weighted by Crippen LogP contribution is -2.44. The predicted octanol–water partition coefficient (Wildman–Crippen LogP) is 4.53. The molecule has 1 aliphatic heterocycles. The van der Waals surface area contributed by atoms with E-state index in [4.69, 9.17) is 4.98 Å². The molecule has 1 saturated heterocycles. The van der Waals surface area contributed by atoms with Gasteiger partial charge in [0.15, 0.2) is 0 Å². The van der Waals surface area contributed by atoms with E-state index in [1.807, 2.05) is 12.2 Å². The van der Waals surface area contributed by atoms with Crippen molar-refractivity contribution in [2.45, 2.75) is 12.8 Å². The molecule has 4 rings (SSSR count). The average Bonchev–Trinajstić information content (AvgIpc) is 2.89. The molecular formula is C28H32N6O. The fourth-order valence-corrected chi connectivity index (χ4v) is 4.16. The number of anilines is 3. The van der Waals surface area contributed by atoms with Gasteiger partial charge < -0.3 is 20.4 Å². The number of benzene rings is 1. The maximum Gasteiger partial charge on any atom is 0.247 e. The van der Waals surface area contributed by atoms with E-state index in [-0.39, 0.29) is 5.91 Å². The maximum atomic E-state index is 11.7. The number of nitrogens with one attached hydrogen (secondary N) is 2. The standard InChI is InChI=1S/C28H32N6O/c1-5-21-19-29-28(31-23-10-12-25(13-11-23)34-16-14-33(4)15-17-34)32-27(21)20(3)22-8-7-9-24(18-22)30-26(35)6-2/h5-6,9-13,18-19H,1-3,7-8,14-17H2,4H3,(H,30,35)(H,29,31,32). The fraction of sp³-hybridized carbons (Fsp3) is 0.250. The van der Waals surface area contributed by atoms with Gasteiger partial charge in [-0.3, -0.25) is 4.79 Å². The van der Waals surface area contributed by atoms with Crippen LogP contribution in [-0.2, 0) is 4.79 Å². The SMILES string of the molecule is C=CC(=O)NC1=CCCC(C(=C)c2nc(Nc3ccc(N4CCN(C)CC4)cc3)ncc2C=C)=C1. The van der Waals surface area contributed by atoms with Gasteiger partial charge in [-0.15, -0.1) is 0 Å². The molecule has 0 spiro atoms. The zero-order chi connectivity index (χ0) is 24.8. The van der Waals surface area contributed by atoms with Crippen molar-refractivity contribution in [2.75, 3.05) is 43.4 Å². The number of carbonyl (C=O) groups excluding carboxylic acids is 1. The van der Waals surface area contributed by atoms with Gasteiger partial charge in [0.1, 0.15) is 0 Å². The van der Waals surface area contributed by atoms with Crippen molar-refractivity contribution in [3.8, 4) is 0 Å².